The van der Waals surface area contributed by atoms with Crippen molar-refractivity contribution in [3.8, 4) is 0 Å². The van der Waals surface area contributed by atoms with E-state index in [0.717, 1.165) is 135 Å². The lowest BCUT2D eigenvalue weighted by molar-refractivity contribution is -0.309. The van der Waals surface area contributed by atoms with Gasteiger partial charge < -0.3 is 53.2 Å². The van der Waals surface area contributed by atoms with Crippen LogP contribution in [0.2, 0.25) is 0 Å². The molecule has 16 bridgehead atoms. The Hall–Kier alpha value is -3.48. The van der Waals surface area contributed by atoms with E-state index in [1.54, 1.807) is 13.8 Å². The van der Waals surface area contributed by atoms with Gasteiger partial charge in [-0.25, -0.2) is 9.59 Å². The van der Waals surface area contributed by atoms with Crippen LogP contribution in [0.1, 0.15) is 157 Å². The van der Waals surface area contributed by atoms with Crippen LogP contribution in [-0.4, -0.2) is 114 Å². The van der Waals surface area contributed by atoms with Crippen molar-refractivity contribution in [1.82, 2.24) is 0 Å². The first-order valence-electron chi connectivity index (χ1n) is 30.2. The molecule has 16 saturated carbocycles. The monoisotopic (exact) mass is 1090 g/mol. The maximum Gasteiger partial charge on any atom is 0.348 e. The highest BCUT2D eigenvalue weighted by atomic mass is 16.8. The molecule has 20 aliphatic rings. The number of carbonyl (C=O) groups excluding carboxylic acids is 3. The number of carboxylic acid groups (broad SMARTS) is 3. The first-order chi connectivity index (χ1) is 37.0. The molecule has 430 valence electrons. The number of allylic oxidation sites excluding steroid dienone is 1. The van der Waals surface area contributed by atoms with Gasteiger partial charge in [0, 0.05) is 61.2 Å². The smallest absolute Gasteiger partial charge is 0.348 e. The number of rotatable bonds is 6. The quantitative estimate of drug-likeness (QED) is 0.128. The van der Waals surface area contributed by atoms with E-state index in [1.165, 1.54) is 0 Å². The van der Waals surface area contributed by atoms with Gasteiger partial charge in [0.2, 0.25) is 0 Å². The minimum absolute atomic E-state index is 0.000945. The van der Waals surface area contributed by atoms with E-state index in [2.05, 4.69) is 20.8 Å². The molecule has 0 aromatic carbocycles. The summed E-state index contributed by atoms with van der Waals surface area (Å²) in [5, 5.41) is 27.5. The SMILES string of the molecule is CC1(C)OC(=O)C(=C2C3CC4CC2CC(C3)C42OCCO2)C(=O)O1.CC1(CC(=O)O)C2CC3CC1CC(C2)C31OCCO1.CC1(CC(=O)O)C2CC3CC1CC(C2)C31OCCO1.CC1(CC(=O)O)C2CC3CC1CC(C2)C3=O. The van der Waals surface area contributed by atoms with Gasteiger partial charge >= 0.3 is 29.8 Å². The largest absolute Gasteiger partial charge is 0.481 e. The van der Waals surface area contributed by atoms with E-state index in [-0.39, 0.29) is 63.5 Å². The normalized spacial score (nSPS) is 47.4. The molecule has 3 spiro atoms. The maximum atomic E-state index is 12.5. The van der Waals surface area contributed by atoms with E-state index in [9.17, 15) is 39.0 Å². The fourth-order valence-electron chi connectivity index (χ4n) is 21.8. The van der Waals surface area contributed by atoms with Gasteiger partial charge in [-0.3, -0.25) is 19.2 Å². The summed E-state index contributed by atoms with van der Waals surface area (Å²) in [6.07, 6.45) is 17.2. The van der Waals surface area contributed by atoms with E-state index >= 15 is 0 Å². The zero-order valence-corrected chi connectivity index (χ0v) is 46.5. The summed E-state index contributed by atoms with van der Waals surface area (Å²) in [5.41, 5.74) is 1.09. The second-order valence-corrected chi connectivity index (χ2v) is 28.8. The van der Waals surface area contributed by atoms with Crippen molar-refractivity contribution in [1.29, 1.82) is 0 Å². The summed E-state index contributed by atoms with van der Waals surface area (Å²) in [7, 11) is 0. The van der Waals surface area contributed by atoms with Crippen molar-refractivity contribution in [2.45, 2.75) is 180 Å². The van der Waals surface area contributed by atoms with Crippen LogP contribution in [0.3, 0.4) is 0 Å². The zero-order chi connectivity index (χ0) is 54.7. The third-order valence-electron chi connectivity index (χ3n) is 25.0. The van der Waals surface area contributed by atoms with Crippen molar-refractivity contribution >= 4 is 35.6 Å². The van der Waals surface area contributed by atoms with Crippen LogP contribution in [0, 0.1) is 111 Å². The Labute approximate surface area is 457 Å². The molecule has 0 atom stereocenters. The lowest BCUT2D eigenvalue weighted by Crippen LogP contribution is -2.64. The number of esters is 2. The van der Waals surface area contributed by atoms with Crippen molar-refractivity contribution in [2.75, 3.05) is 39.6 Å². The van der Waals surface area contributed by atoms with Gasteiger partial charge in [-0.2, -0.15) is 0 Å². The van der Waals surface area contributed by atoms with Gasteiger partial charge in [0.05, 0.1) is 58.9 Å². The highest BCUT2D eigenvalue weighted by Crippen LogP contribution is 2.70. The minimum Gasteiger partial charge on any atom is -0.481 e. The number of hydrogen-bond donors (Lipinski definition) is 3. The number of carbonyl (C=O) groups is 6. The topological polar surface area (TPSA) is 237 Å². The van der Waals surface area contributed by atoms with E-state index < -0.39 is 41.4 Å². The van der Waals surface area contributed by atoms with Crippen LogP contribution in [0.5, 0.6) is 0 Å². The molecule has 4 saturated heterocycles. The molecule has 78 heavy (non-hydrogen) atoms. The number of aliphatic carboxylic acids is 3. The highest BCUT2D eigenvalue weighted by molar-refractivity contribution is 6.16. The molecule has 20 rings (SSSR count). The summed E-state index contributed by atoms with van der Waals surface area (Å²) in [5.74, 6) is 2.16. The van der Waals surface area contributed by atoms with E-state index in [4.69, 9.17) is 43.0 Å². The van der Waals surface area contributed by atoms with Gasteiger partial charge in [0.25, 0.3) is 5.79 Å². The van der Waals surface area contributed by atoms with Gasteiger partial charge in [-0.05, 0) is 172 Å². The molecule has 17 heteroatoms. The number of ether oxygens (including phenoxy) is 8. The number of cyclic esters (lactones) is 2. The standard InChI is InChI=1S/C18H22O6.2C15H22O4.C13H18O3/c1-17(2)23-15(19)14(16(20)24-17)13-9-5-11-7-10(13)8-12(6-9)18(11)21-3-4-22-18;2*1-14(8-13(16)17)9-4-11-6-10(14)7-12(5-9)15(11)18-2-3-19-15;1-13(6-11(14)15)9-2-7-3-10(13)5-8(4-9)12(7)16/h9-12H,3-8H2,1-2H3;2*9-12H,2-8H2,1H3,(H,16,17);7-10H,2-6H2,1H3,(H,14,15). The van der Waals surface area contributed by atoms with Gasteiger partial charge in [-0.1, -0.05) is 20.8 Å². The Kier molecular flexibility index (Phi) is 12.9. The first-order valence-corrected chi connectivity index (χ1v) is 30.2. The predicted octanol–water partition coefficient (Wildman–Crippen LogP) is 8.58. The molecule has 0 amide bonds. The molecule has 0 aromatic rings. The fraction of sp³-hybridized carbons (Fsp3) is 0.869. The van der Waals surface area contributed by atoms with Crippen molar-refractivity contribution in [3.63, 3.8) is 0 Å². The molecule has 4 heterocycles. The van der Waals surface area contributed by atoms with Crippen molar-refractivity contribution < 1.29 is 82.0 Å². The van der Waals surface area contributed by atoms with Crippen LogP contribution in [-0.2, 0) is 66.7 Å². The molecule has 0 radical (unpaired) electrons. The van der Waals surface area contributed by atoms with Crippen molar-refractivity contribution in [3.05, 3.63) is 11.1 Å². The summed E-state index contributed by atoms with van der Waals surface area (Å²) in [4.78, 5) is 70.2. The van der Waals surface area contributed by atoms with Crippen LogP contribution in [0.15, 0.2) is 11.1 Å². The van der Waals surface area contributed by atoms with Crippen LogP contribution >= 0.6 is 0 Å². The van der Waals surface area contributed by atoms with Gasteiger partial charge in [0.15, 0.2) is 17.4 Å². The number of Topliss-reactive ketones (excluding diaryl/α,β-unsaturated/α-hetero) is 1. The number of hydrogen-bond acceptors (Lipinski definition) is 14. The fourth-order valence-corrected chi connectivity index (χ4v) is 21.8. The average Bonchev–Trinajstić information content (AvgIpc) is 4.28. The third kappa shape index (κ3) is 8.21. The Morgan fingerprint density at radius 1 is 0.372 bits per heavy atom. The molecule has 0 unspecified atom stereocenters. The molecule has 16 aliphatic carbocycles. The van der Waals surface area contributed by atoms with Gasteiger partial charge in [-0.15, -0.1) is 0 Å². The zero-order valence-electron chi connectivity index (χ0n) is 46.5. The van der Waals surface area contributed by atoms with Crippen LogP contribution in [0.25, 0.3) is 0 Å². The molecule has 0 aromatic heterocycles. The molecular weight excluding hydrogens is 1000 g/mol. The average molecular weight is 1090 g/mol. The molecular formula is C61H84O17. The summed E-state index contributed by atoms with van der Waals surface area (Å²) >= 11 is 0. The Bertz CT molecular complexity index is 2270. The summed E-state index contributed by atoms with van der Waals surface area (Å²) in [6.45, 7) is 14.0. The first kappa shape index (κ1) is 53.8. The number of carboxylic acids is 3. The van der Waals surface area contributed by atoms with Crippen LogP contribution < -0.4 is 0 Å². The second-order valence-electron chi connectivity index (χ2n) is 28.8. The molecule has 4 aliphatic heterocycles. The predicted molar refractivity (Wildman–Crippen MR) is 273 cm³/mol. The van der Waals surface area contributed by atoms with E-state index in [0.29, 0.717) is 103 Å². The highest BCUT2D eigenvalue weighted by Gasteiger charge is 2.69. The van der Waals surface area contributed by atoms with Gasteiger partial charge in [0.1, 0.15) is 11.4 Å². The molecule has 17 nitrogen and oxygen atoms in total. The molecule has 20 fully saturated rings. The third-order valence-corrected chi connectivity index (χ3v) is 25.0. The Morgan fingerprint density at radius 3 is 0.859 bits per heavy atom. The lowest BCUT2D eigenvalue weighted by atomic mass is 9.43. The van der Waals surface area contributed by atoms with Crippen molar-refractivity contribution in [2.24, 2.45) is 111 Å². The molecule has 3 N–H and O–H groups in total. The number of ketones is 1. The lowest BCUT2D eigenvalue weighted by Gasteiger charge is -2.65. The van der Waals surface area contributed by atoms with Crippen LogP contribution in [0.4, 0.5) is 0 Å². The summed E-state index contributed by atoms with van der Waals surface area (Å²) in [6, 6.07) is 0. The Morgan fingerprint density at radius 2 is 0.603 bits per heavy atom. The maximum absolute atomic E-state index is 12.5. The second kappa shape index (κ2) is 18.8. The Balaban J connectivity index is 0.0000000999. The summed E-state index contributed by atoms with van der Waals surface area (Å²) < 4.78 is 46.8. The minimum atomic E-state index is -1.18. The van der Waals surface area contributed by atoms with E-state index in [1.807, 2.05) is 0 Å².